The Kier molecular flexibility index (Phi) is 5.80. The van der Waals surface area contributed by atoms with Crippen molar-refractivity contribution >= 4 is 45.6 Å². The number of aromatic nitrogens is 2. The van der Waals surface area contributed by atoms with Gasteiger partial charge in [0.25, 0.3) is 0 Å². The molecule has 0 radical (unpaired) electrons. The standard InChI is InChI=1S/C24H21Cl2N3O/c1-16(25)24(30)28(22-14-8-10-18-9-6-7-13-20(18)22)15-21-17(2)27-29(23(21)26)19-11-4-3-5-12-19/h3-14,16H,15H2,1-2H3. The summed E-state index contributed by atoms with van der Waals surface area (Å²) >= 11 is 13.0. The van der Waals surface area contributed by atoms with Gasteiger partial charge in [0, 0.05) is 10.9 Å². The number of carbonyl (C=O) groups is 1. The fourth-order valence-electron chi connectivity index (χ4n) is 3.55. The first-order valence-electron chi connectivity index (χ1n) is 9.70. The maximum absolute atomic E-state index is 13.1. The molecule has 1 aromatic heterocycles. The number of para-hydroxylation sites is 1. The quantitative estimate of drug-likeness (QED) is 0.351. The Hall–Kier alpha value is -2.82. The number of aryl methyl sites for hydroxylation is 1. The second-order valence-corrected chi connectivity index (χ2v) is 8.15. The Morgan fingerprint density at radius 3 is 2.43 bits per heavy atom. The van der Waals surface area contributed by atoms with Crippen LogP contribution in [0.3, 0.4) is 0 Å². The predicted octanol–water partition coefficient (Wildman–Crippen LogP) is 6.15. The highest BCUT2D eigenvalue weighted by atomic mass is 35.5. The van der Waals surface area contributed by atoms with Crippen LogP contribution in [0.5, 0.6) is 0 Å². The molecule has 0 bridgehead atoms. The lowest BCUT2D eigenvalue weighted by molar-refractivity contribution is -0.118. The molecule has 1 amide bonds. The molecular weight excluding hydrogens is 417 g/mol. The van der Waals surface area contributed by atoms with Crippen molar-refractivity contribution in [3.63, 3.8) is 0 Å². The second kappa shape index (κ2) is 8.50. The summed E-state index contributed by atoms with van der Waals surface area (Å²) in [6, 6.07) is 23.6. The van der Waals surface area contributed by atoms with Gasteiger partial charge in [-0.1, -0.05) is 66.2 Å². The minimum absolute atomic E-state index is 0.184. The number of anilines is 1. The lowest BCUT2D eigenvalue weighted by Crippen LogP contribution is -2.35. The van der Waals surface area contributed by atoms with E-state index in [1.807, 2.05) is 79.7 Å². The van der Waals surface area contributed by atoms with E-state index < -0.39 is 5.38 Å². The first-order chi connectivity index (χ1) is 14.5. The van der Waals surface area contributed by atoms with E-state index in [-0.39, 0.29) is 12.5 Å². The van der Waals surface area contributed by atoms with Crippen LogP contribution >= 0.6 is 23.2 Å². The summed E-state index contributed by atoms with van der Waals surface area (Å²) in [4.78, 5) is 14.8. The zero-order valence-corrected chi connectivity index (χ0v) is 18.2. The number of hydrogen-bond acceptors (Lipinski definition) is 2. The van der Waals surface area contributed by atoms with Crippen molar-refractivity contribution in [2.75, 3.05) is 4.90 Å². The van der Waals surface area contributed by atoms with Crippen molar-refractivity contribution in [3.8, 4) is 5.69 Å². The molecule has 4 aromatic rings. The van der Waals surface area contributed by atoms with Gasteiger partial charge < -0.3 is 4.90 Å². The Labute approximate surface area is 185 Å². The number of benzene rings is 3. The molecule has 4 nitrogen and oxygen atoms in total. The molecular formula is C24H21Cl2N3O. The number of carbonyl (C=O) groups excluding carboxylic acids is 1. The maximum atomic E-state index is 13.1. The molecule has 4 rings (SSSR count). The summed E-state index contributed by atoms with van der Waals surface area (Å²) in [5.74, 6) is -0.184. The van der Waals surface area contributed by atoms with Crippen LogP contribution < -0.4 is 4.90 Å². The van der Waals surface area contributed by atoms with Crippen LogP contribution in [0.15, 0.2) is 72.8 Å². The molecule has 1 heterocycles. The minimum Gasteiger partial charge on any atom is -0.306 e. The number of fused-ring (bicyclic) bond motifs is 1. The molecule has 0 saturated heterocycles. The van der Waals surface area contributed by atoms with Crippen LogP contribution in [-0.4, -0.2) is 21.1 Å². The Balaban J connectivity index is 1.81. The average molecular weight is 438 g/mol. The van der Waals surface area contributed by atoms with Gasteiger partial charge in [-0.3, -0.25) is 4.79 Å². The molecule has 0 aliphatic rings. The van der Waals surface area contributed by atoms with E-state index in [0.29, 0.717) is 5.15 Å². The van der Waals surface area contributed by atoms with E-state index in [0.717, 1.165) is 33.4 Å². The topological polar surface area (TPSA) is 38.1 Å². The van der Waals surface area contributed by atoms with Crippen molar-refractivity contribution in [1.29, 1.82) is 0 Å². The highest BCUT2D eigenvalue weighted by Gasteiger charge is 2.25. The SMILES string of the molecule is Cc1nn(-c2ccccc2)c(Cl)c1CN(C(=O)C(C)Cl)c1cccc2ccccc12. The van der Waals surface area contributed by atoms with Gasteiger partial charge in [0.2, 0.25) is 5.91 Å². The third-order valence-electron chi connectivity index (χ3n) is 5.10. The summed E-state index contributed by atoms with van der Waals surface area (Å²) < 4.78 is 1.70. The van der Waals surface area contributed by atoms with E-state index >= 15 is 0 Å². The summed E-state index contributed by atoms with van der Waals surface area (Å²) in [7, 11) is 0. The molecule has 0 fully saturated rings. The Bertz CT molecular complexity index is 1200. The monoisotopic (exact) mass is 437 g/mol. The summed E-state index contributed by atoms with van der Waals surface area (Å²) in [6.45, 7) is 3.86. The highest BCUT2D eigenvalue weighted by Crippen LogP contribution is 2.32. The fourth-order valence-corrected chi connectivity index (χ4v) is 4.00. The Morgan fingerprint density at radius 1 is 1.03 bits per heavy atom. The predicted molar refractivity (Wildman–Crippen MR) is 124 cm³/mol. The molecule has 0 spiro atoms. The normalized spacial score (nSPS) is 12.1. The van der Waals surface area contributed by atoms with Crippen LogP contribution in [0.2, 0.25) is 5.15 Å². The summed E-state index contributed by atoms with van der Waals surface area (Å²) in [5.41, 5.74) is 3.22. The molecule has 152 valence electrons. The Morgan fingerprint density at radius 2 is 1.70 bits per heavy atom. The molecule has 0 saturated carbocycles. The number of nitrogens with zero attached hydrogens (tertiary/aromatic N) is 3. The van der Waals surface area contributed by atoms with Gasteiger partial charge in [0.15, 0.2) is 0 Å². The third-order valence-corrected chi connectivity index (χ3v) is 5.68. The maximum Gasteiger partial charge on any atom is 0.245 e. The van der Waals surface area contributed by atoms with Crippen molar-refractivity contribution < 1.29 is 4.79 Å². The van der Waals surface area contributed by atoms with Gasteiger partial charge in [0.1, 0.15) is 10.5 Å². The van der Waals surface area contributed by atoms with Crippen LogP contribution in [0.25, 0.3) is 16.5 Å². The third kappa shape index (κ3) is 3.81. The second-order valence-electron chi connectivity index (χ2n) is 7.14. The van der Waals surface area contributed by atoms with Crippen LogP contribution in [0, 0.1) is 6.92 Å². The van der Waals surface area contributed by atoms with Crippen molar-refractivity contribution in [3.05, 3.63) is 89.2 Å². The summed E-state index contributed by atoms with van der Waals surface area (Å²) in [6.07, 6.45) is 0. The minimum atomic E-state index is -0.674. The van der Waals surface area contributed by atoms with E-state index in [2.05, 4.69) is 5.10 Å². The molecule has 0 aliphatic heterocycles. The molecule has 0 aliphatic carbocycles. The molecule has 1 unspecified atom stereocenters. The fraction of sp³-hybridized carbons (Fsp3) is 0.167. The largest absolute Gasteiger partial charge is 0.306 e. The van der Waals surface area contributed by atoms with E-state index in [1.165, 1.54) is 0 Å². The molecule has 6 heteroatoms. The number of halogens is 2. The zero-order chi connectivity index (χ0) is 21.3. The summed E-state index contributed by atoms with van der Waals surface area (Å²) in [5, 5.41) is 6.45. The lowest BCUT2D eigenvalue weighted by atomic mass is 10.1. The number of alkyl halides is 1. The lowest BCUT2D eigenvalue weighted by Gasteiger charge is -2.25. The van der Waals surface area contributed by atoms with Crippen LogP contribution in [-0.2, 0) is 11.3 Å². The van der Waals surface area contributed by atoms with Crippen molar-refractivity contribution in [1.82, 2.24) is 9.78 Å². The van der Waals surface area contributed by atoms with Gasteiger partial charge in [-0.2, -0.15) is 5.10 Å². The van der Waals surface area contributed by atoms with E-state index in [9.17, 15) is 4.79 Å². The number of amides is 1. The molecule has 1 atom stereocenters. The molecule has 30 heavy (non-hydrogen) atoms. The van der Waals surface area contributed by atoms with Crippen LogP contribution in [0.4, 0.5) is 5.69 Å². The van der Waals surface area contributed by atoms with Gasteiger partial charge in [-0.05, 0) is 37.4 Å². The number of hydrogen-bond donors (Lipinski definition) is 0. The van der Waals surface area contributed by atoms with Crippen molar-refractivity contribution in [2.45, 2.75) is 25.8 Å². The first kappa shape index (κ1) is 20.5. The zero-order valence-electron chi connectivity index (χ0n) is 16.7. The van der Waals surface area contributed by atoms with Crippen LogP contribution in [0.1, 0.15) is 18.2 Å². The smallest absolute Gasteiger partial charge is 0.245 e. The first-order valence-corrected chi connectivity index (χ1v) is 10.5. The van der Waals surface area contributed by atoms with Gasteiger partial charge in [-0.15, -0.1) is 11.6 Å². The van der Waals surface area contributed by atoms with Gasteiger partial charge in [0.05, 0.1) is 23.6 Å². The van der Waals surface area contributed by atoms with E-state index in [1.54, 1.807) is 16.5 Å². The average Bonchev–Trinajstić information content (AvgIpc) is 3.05. The van der Waals surface area contributed by atoms with Gasteiger partial charge >= 0.3 is 0 Å². The highest BCUT2D eigenvalue weighted by molar-refractivity contribution is 6.33. The van der Waals surface area contributed by atoms with Crippen molar-refractivity contribution in [2.24, 2.45) is 0 Å². The number of rotatable bonds is 5. The van der Waals surface area contributed by atoms with Gasteiger partial charge in [-0.25, -0.2) is 4.68 Å². The molecule has 0 N–H and O–H groups in total. The molecule has 3 aromatic carbocycles. The van der Waals surface area contributed by atoms with E-state index in [4.69, 9.17) is 23.2 Å².